The van der Waals surface area contributed by atoms with Gasteiger partial charge in [-0.25, -0.2) is 0 Å². The van der Waals surface area contributed by atoms with Crippen LogP contribution in [-0.4, -0.2) is 61.3 Å². The number of morpholine rings is 1. The molecule has 0 radical (unpaired) electrons. The van der Waals surface area contributed by atoms with Crippen LogP contribution in [0.4, 0.5) is 0 Å². The lowest BCUT2D eigenvalue weighted by Crippen LogP contribution is -2.60. The van der Waals surface area contributed by atoms with Crippen molar-refractivity contribution < 1.29 is 4.74 Å². The highest BCUT2D eigenvalue weighted by Gasteiger charge is 2.38. The summed E-state index contributed by atoms with van der Waals surface area (Å²) in [5.74, 6) is 0.858. The highest BCUT2D eigenvalue weighted by Crippen LogP contribution is 2.33. The predicted octanol–water partition coefficient (Wildman–Crippen LogP) is 3.55. The maximum atomic E-state index is 5.60. The Morgan fingerprint density at radius 3 is 2.63 bits per heavy atom. The third-order valence-electron chi connectivity index (χ3n) is 6.44. The molecule has 1 aromatic carbocycles. The van der Waals surface area contributed by atoms with Crippen LogP contribution in [0.2, 0.25) is 0 Å². The molecule has 6 nitrogen and oxygen atoms in total. The van der Waals surface area contributed by atoms with Crippen molar-refractivity contribution in [2.75, 3.05) is 39.9 Å². The maximum Gasteiger partial charge on any atom is 0.191 e. The number of aliphatic imine (C=N–C) groups is 1. The fraction of sp³-hybridized carbons (Fsp3) is 0.565. The molecule has 0 amide bonds. The summed E-state index contributed by atoms with van der Waals surface area (Å²) in [6, 6.07) is 10.4. The lowest BCUT2D eigenvalue weighted by Gasteiger charge is -2.48. The first kappa shape index (κ1) is 23.2. The molecule has 1 aromatic heterocycles. The number of hydrogen-bond acceptors (Lipinski definition) is 4. The van der Waals surface area contributed by atoms with Gasteiger partial charge < -0.3 is 15.4 Å². The number of ether oxygens (including phenoxy) is 1. The highest BCUT2D eigenvalue weighted by molar-refractivity contribution is 14.0. The molecular weight excluding hydrogens is 489 g/mol. The molecule has 1 saturated heterocycles. The molecule has 1 aliphatic carbocycles. The van der Waals surface area contributed by atoms with Gasteiger partial charge in [0.25, 0.3) is 0 Å². The Hall–Kier alpha value is -1.45. The van der Waals surface area contributed by atoms with E-state index in [1.54, 1.807) is 0 Å². The van der Waals surface area contributed by atoms with Crippen molar-refractivity contribution in [3.05, 3.63) is 42.1 Å². The van der Waals surface area contributed by atoms with Gasteiger partial charge in [0.05, 0.1) is 18.7 Å². The number of fused-ring (bicyclic) bond motifs is 1. The molecule has 0 spiro atoms. The summed E-state index contributed by atoms with van der Waals surface area (Å²) in [6.07, 6.45) is 8.34. The number of hydrogen-bond donors (Lipinski definition) is 2. The Kier molecular flexibility index (Phi) is 8.71. The van der Waals surface area contributed by atoms with Gasteiger partial charge in [0, 0.05) is 50.3 Å². The van der Waals surface area contributed by atoms with E-state index >= 15 is 0 Å². The number of para-hydroxylation sites is 1. The molecule has 7 heteroatoms. The molecule has 164 valence electrons. The van der Waals surface area contributed by atoms with Gasteiger partial charge in [0.2, 0.25) is 0 Å². The number of aromatic nitrogens is 1. The van der Waals surface area contributed by atoms with Crippen LogP contribution in [0.15, 0.2) is 41.5 Å². The van der Waals surface area contributed by atoms with Crippen molar-refractivity contribution >= 4 is 40.8 Å². The zero-order chi connectivity index (χ0) is 19.9. The van der Waals surface area contributed by atoms with E-state index in [-0.39, 0.29) is 29.5 Å². The third kappa shape index (κ3) is 5.42. The van der Waals surface area contributed by atoms with Crippen molar-refractivity contribution in [1.82, 2.24) is 20.5 Å². The van der Waals surface area contributed by atoms with E-state index in [4.69, 9.17) is 4.74 Å². The molecule has 0 atom stereocenters. The topological polar surface area (TPSA) is 61.8 Å². The molecule has 2 fully saturated rings. The summed E-state index contributed by atoms with van der Waals surface area (Å²) < 4.78 is 5.60. The summed E-state index contributed by atoms with van der Waals surface area (Å²) in [6.45, 7) is 5.41. The van der Waals surface area contributed by atoms with Crippen molar-refractivity contribution in [2.24, 2.45) is 4.99 Å². The zero-order valence-electron chi connectivity index (χ0n) is 17.9. The number of pyridine rings is 1. The first-order valence-corrected chi connectivity index (χ1v) is 10.9. The minimum absolute atomic E-state index is 0. The lowest BCUT2D eigenvalue weighted by molar-refractivity contribution is -0.0352. The summed E-state index contributed by atoms with van der Waals surface area (Å²) in [7, 11) is 1.85. The Morgan fingerprint density at radius 1 is 1.10 bits per heavy atom. The normalized spacial score (nSPS) is 19.8. The Labute approximate surface area is 196 Å². The van der Waals surface area contributed by atoms with E-state index in [1.807, 2.05) is 19.3 Å². The van der Waals surface area contributed by atoms with Crippen LogP contribution in [-0.2, 0) is 11.3 Å². The number of rotatable bonds is 5. The number of guanidine groups is 1. The largest absolute Gasteiger partial charge is 0.379 e. The number of nitrogens with zero attached hydrogens (tertiary/aromatic N) is 3. The molecule has 2 aromatic rings. The summed E-state index contributed by atoms with van der Waals surface area (Å²) >= 11 is 0. The molecule has 0 unspecified atom stereocenters. The molecule has 2 aliphatic rings. The van der Waals surface area contributed by atoms with Gasteiger partial charge in [-0.1, -0.05) is 43.5 Å². The van der Waals surface area contributed by atoms with E-state index < -0.39 is 0 Å². The number of benzene rings is 1. The van der Waals surface area contributed by atoms with Gasteiger partial charge in [-0.2, -0.15) is 0 Å². The highest BCUT2D eigenvalue weighted by atomic mass is 127. The van der Waals surface area contributed by atoms with Crippen molar-refractivity contribution in [2.45, 2.75) is 44.2 Å². The van der Waals surface area contributed by atoms with Crippen LogP contribution in [0, 0.1) is 0 Å². The molecular formula is C23H34IN5O. The van der Waals surface area contributed by atoms with Gasteiger partial charge in [-0.05, 0) is 24.5 Å². The van der Waals surface area contributed by atoms with Crippen LogP contribution in [0.25, 0.3) is 10.9 Å². The van der Waals surface area contributed by atoms with Gasteiger partial charge in [-0.3, -0.25) is 14.9 Å². The fourth-order valence-corrected chi connectivity index (χ4v) is 4.81. The zero-order valence-corrected chi connectivity index (χ0v) is 20.2. The lowest BCUT2D eigenvalue weighted by atomic mass is 9.80. The first-order valence-electron chi connectivity index (χ1n) is 10.9. The third-order valence-corrected chi connectivity index (χ3v) is 6.44. The van der Waals surface area contributed by atoms with E-state index in [9.17, 15) is 0 Å². The van der Waals surface area contributed by atoms with Crippen LogP contribution >= 0.6 is 24.0 Å². The SMILES string of the molecule is CN=C(NCc1cccc2cccnc12)NCC1(N2CCOCC2)CCCCC1.I. The van der Waals surface area contributed by atoms with Crippen molar-refractivity contribution in [1.29, 1.82) is 0 Å². The number of nitrogens with one attached hydrogen (secondary N) is 2. The minimum atomic E-state index is 0. The second kappa shape index (κ2) is 11.2. The molecule has 1 saturated carbocycles. The monoisotopic (exact) mass is 523 g/mol. The Morgan fingerprint density at radius 2 is 1.87 bits per heavy atom. The van der Waals surface area contributed by atoms with E-state index in [1.165, 1.54) is 43.1 Å². The molecule has 30 heavy (non-hydrogen) atoms. The maximum absolute atomic E-state index is 5.60. The van der Waals surface area contributed by atoms with E-state index in [0.717, 1.165) is 44.3 Å². The van der Waals surface area contributed by atoms with Crippen LogP contribution in [0.5, 0.6) is 0 Å². The predicted molar refractivity (Wildman–Crippen MR) is 134 cm³/mol. The molecule has 1 aliphatic heterocycles. The van der Waals surface area contributed by atoms with Crippen LogP contribution in [0.1, 0.15) is 37.7 Å². The average Bonchev–Trinajstić information content (AvgIpc) is 2.80. The molecule has 2 heterocycles. The van der Waals surface area contributed by atoms with Gasteiger partial charge in [0.1, 0.15) is 0 Å². The fourth-order valence-electron chi connectivity index (χ4n) is 4.81. The van der Waals surface area contributed by atoms with E-state index in [0.29, 0.717) is 6.54 Å². The van der Waals surface area contributed by atoms with Gasteiger partial charge in [0.15, 0.2) is 5.96 Å². The van der Waals surface area contributed by atoms with Crippen LogP contribution < -0.4 is 10.6 Å². The molecule has 2 N–H and O–H groups in total. The Balaban J connectivity index is 0.00000256. The van der Waals surface area contributed by atoms with Gasteiger partial charge in [-0.15, -0.1) is 24.0 Å². The number of halogens is 1. The van der Waals surface area contributed by atoms with Crippen molar-refractivity contribution in [3.8, 4) is 0 Å². The quantitative estimate of drug-likeness (QED) is 0.357. The van der Waals surface area contributed by atoms with E-state index in [2.05, 4.69) is 49.8 Å². The summed E-state index contributed by atoms with van der Waals surface area (Å²) in [5, 5.41) is 8.29. The van der Waals surface area contributed by atoms with Gasteiger partial charge >= 0.3 is 0 Å². The minimum Gasteiger partial charge on any atom is -0.379 e. The Bertz CT molecular complexity index is 826. The standard InChI is InChI=1S/C23H33N5O.HI/c1-24-22(26-17-20-8-5-7-19-9-6-12-25-21(19)20)27-18-23(10-3-2-4-11-23)28-13-15-29-16-14-28;/h5-9,12H,2-4,10-11,13-18H2,1H3,(H2,24,26,27);1H. The summed E-state index contributed by atoms with van der Waals surface area (Å²) in [5.41, 5.74) is 2.46. The molecule has 4 rings (SSSR count). The van der Waals surface area contributed by atoms with Crippen LogP contribution in [0.3, 0.4) is 0 Å². The van der Waals surface area contributed by atoms with Crippen molar-refractivity contribution in [3.63, 3.8) is 0 Å². The summed E-state index contributed by atoms with van der Waals surface area (Å²) in [4.78, 5) is 11.7. The molecule has 0 bridgehead atoms. The second-order valence-corrected chi connectivity index (χ2v) is 8.16. The first-order chi connectivity index (χ1) is 14.3. The average molecular weight is 523 g/mol. The smallest absolute Gasteiger partial charge is 0.191 e. The second-order valence-electron chi connectivity index (χ2n) is 8.16.